The Hall–Kier alpha value is -1.21. The highest BCUT2D eigenvalue weighted by molar-refractivity contribution is 7.90. The van der Waals surface area contributed by atoms with Crippen molar-refractivity contribution in [3.63, 3.8) is 0 Å². The lowest BCUT2D eigenvalue weighted by Gasteiger charge is -2.13. The van der Waals surface area contributed by atoms with Gasteiger partial charge < -0.3 is 5.32 Å². The molecule has 2 heterocycles. The number of sulfone groups is 1. The average molecular weight is 271 g/mol. The maximum atomic E-state index is 11.2. The molecule has 17 heavy (non-hydrogen) atoms. The second-order valence-electron chi connectivity index (χ2n) is 4.00. The number of aromatic nitrogens is 2. The molecular formula is C10H13N3O2S2. The molecule has 1 unspecified atom stereocenters. The molecule has 2 rings (SSSR count). The maximum absolute atomic E-state index is 11.2. The van der Waals surface area contributed by atoms with E-state index in [1.54, 1.807) is 0 Å². The molecule has 1 atom stereocenters. The van der Waals surface area contributed by atoms with Crippen molar-refractivity contribution in [1.82, 2.24) is 9.97 Å². The fourth-order valence-electron chi connectivity index (χ4n) is 1.62. The summed E-state index contributed by atoms with van der Waals surface area (Å²) in [6.45, 7) is 1.82. The van der Waals surface area contributed by atoms with Crippen LogP contribution in [-0.2, 0) is 9.84 Å². The van der Waals surface area contributed by atoms with Crippen molar-refractivity contribution >= 4 is 37.2 Å². The number of nitrogens with zero attached hydrogens (tertiary/aromatic N) is 2. The molecule has 92 valence electrons. The van der Waals surface area contributed by atoms with Gasteiger partial charge in [-0.1, -0.05) is 0 Å². The molecule has 0 aliphatic heterocycles. The molecule has 0 fully saturated rings. The number of thiophene rings is 1. The van der Waals surface area contributed by atoms with Gasteiger partial charge in [-0.2, -0.15) is 0 Å². The molecule has 0 bridgehead atoms. The predicted octanol–water partition coefficient (Wildman–Crippen LogP) is 1.54. The lowest BCUT2D eigenvalue weighted by Crippen LogP contribution is -2.25. The van der Waals surface area contributed by atoms with Gasteiger partial charge in [0.15, 0.2) is 0 Å². The Kier molecular flexibility index (Phi) is 3.30. The number of fused-ring (bicyclic) bond motifs is 1. The van der Waals surface area contributed by atoms with Crippen LogP contribution in [0.4, 0.5) is 5.82 Å². The second-order valence-corrected chi connectivity index (χ2v) is 7.10. The molecule has 5 nitrogen and oxygen atoms in total. The number of hydrogen-bond acceptors (Lipinski definition) is 6. The third kappa shape index (κ3) is 3.13. The van der Waals surface area contributed by atoms with Crippen molar-refractivity contribution in [3.05, 3.63) is 17.8 Å². The summed E-state index contributed by atoms with van der Waals surface area (Å²) in [5.41, 5.74) is 0.874. The van der Waals surface area contributed by atoms with Crippen LogP contribution >= 0.6 is 11.3 Å². The molecule has 2 aromatic rings. The monoisotopic (exact) mass is 271 g/mol. The zero-order valence-electron chi connectivity index (χ0n) is 9.54. The first-order valence-corrected chi connectivity index (χ1v) is 8.02. The average Bonchev–Trinajstić information content (AvgIpc) is 2.63. The summed E-state index contributed by atoms with van der Waals surface area (Å²) in [5.74, 6) is 0.783. The quantitative estimate of drug-likeness (QED) is 0.913. The number of rotatable bonds is 4. The van der Waals surface area contributed by atoms with Crippen molar-refractivity contribution in [2.45, 2.75) is 13.0 Å². The Morgan fingerprint density at radius 1 is 1.47 bits per heavy atom. The molecule has 0 saturated carbocycles. The van der Waals surface area contributed by atoms with Gasteiger partial charge in [0.05, 0.1) is 16.0 Å². The molecule has 0 amide bonds. The molecule has 0 radical (unpaired) electrons. The van der Waals surface area contributed by atoms with Gasteiger partial charge in [-0.3, -0.25) is 0 Å². The molecule has 2 aromatic heterocycles. The first-order valence-electron chi connectivity index (χ1n) is 5.08. The molecule has 0 spiro atoms. The minimum atomic E-state index is -2.99. The fraction of sp³-hybridized carbons (Fsp3) is 0.400. The lowest BCUT2D eigenvalue weighted by molar-refractivity contribution is 0.598. The van der Waals surface area contributed by atoms with E-state index in [-0.39, 0.29) is 11.8 Å². The minimum absolute atomic E-state index is 0.0872. The van der Waals surface area contributed by atoms with E-state index in [0.29, 0.717) is 5.82 Å². The predicted molar refractivity (Wildman–Crippen MR) is 70.2 cm³/mol. The van der Waals surface area contributed by atoms with E-state index in [0.717, 1.165) is 10.2 Å². The molecular weight excluding hydrogens is 258 g/mol. The van der Waals surface area contributed by atoms with Crippen LogP contribution in [0.1, 0.15) is 6.92 Å². The number of nitrogens with one attached hydrogen (secondary N) is 1. The Morgan fingerprint density at radius 2 is 2.24 bits per heavy atom. The summed E-state index contributed by atoms with van der Waals surface area (Å²) in [6, 6.07) is 1.74. The van der Waals surface area contributed by atoms with E-state index in [1.807, 2.05) is 18.4 Å². The van der Waals surface area contributed by atoms with Crippen LogP contribution in [-0.4, -0.2) is 36.4 Å². The van der Waals surface area contributed by atoms with Gasteiger partial charge in [0, 0.05) is 12.3 Å². The van der Waals surface area contributed by atoms with E-state index in [1.165, 1.54) is 23.9 Å². The molecule has 0 aliphatic carbocycles. The smallest absolute Gasteiger partial charge is 0.149 e. The first kappa shape index (κ1) is 12.3. The van der Waals surface area contributed by atoms with Crippen molar-refractivity contribution in [1.29, 1.82) is 0 Å². The van der Waals surface area contributed by atoms with Crippen LogP contribution in [0.15, 0.2) is 17.8 Å². The summed E-state index contributed by atoms with van der Waals surface area (Å²) >= 11 is 1.54. The number of anilines is 1. The van der Waals surface area contributed by atoms with Gasteiger partial charge >= 0.3 is 0 Å². The fourth-order valence-corrected chi connectivity index (χ4v) is 3.41. The SMILES string of the molecule is CC(CS(C)(=O)=O)Nc1ncnc2ccsc12. The van der Waals surface area contributed by atoms with Crippen LogP contribution in [0, 0.1) is 0 Å². The van der Waals surface area contributed by atoms with Crippen LogP contribution in [0.5, 0.6) is 0 Å². The Morgan fingerprint density at radius 3 is 2.94 bits per heavy atom. The minimum Gasteiger partial charge on any atom is -0.365 e. The number of hydrogen-bond donors (Lipinski definition) is 1. The zero-order chi connectivity index (χ0) is 12.5. The maximum Gasteiger partial charge on any atom is 0.149 e. The van der Waals surface area contributed by atoms with Crippen molar-refractivity contribution in [2.24, 2.45) is 0 Å². The summed E-state index contributed by atoms with van der Waals surface area (Å²) in [7, 11) is -2.99. The van der Waals surface area contributed by atoms with Gasteiger partial charge in [-0.25, -0.2) is 18.4 Å². The summed E-state index contributed by atoms with van der Waals surface area (Å²) < 4.78 is 23.3. The van der Waals surface area contributed by atoms with Gasteiger partial charge in [-0.05, 0) is 18.4 Å². The van der Waals surface area contributed by atoms with Crippen LogP contribution in [0.25, 0.3) is 10.2 Å². The van der Waals surface area contributed by atoms with Crippen LogP contribution in [0.2, 0.25) is 0 Å². The van der Waals surface area contributed by atoms with Crippen molar-refractivity contribution in [2.75, 3.05) is 17.3 Å². The summed E-state index contributed by atoms with van der Waals surface area (Å²) in [6.07, 6.45) is 2.70. The molecule has 1 N–H and O–H groups in total. The lowest BCUT2D eigenvalue weighted by atomic mass is 10.3. The third-order valence-corrected chi connectivity index (χ3v) is 4.19. The summed E-state index contributed by atoms with van der Waals surface area (Å²) in [4.78, 5) is 8.27. The van der Waals surface area contributed by atoms with E-state index in [4.69, 9.17) is 0 Å². The highest BCUT2D eigenvalue weighted by Gasteiger charge is 2.12. The topological polar surface area (TPSA) is 72.0 Å². The first-order chi connectivity index (χ1) is 7.96. The van der Waals surface area contributed by atoms with Gasteiger partial charge in [0.25, 0.3) is 0 Å². The normalized spacial score (nSPS) is 13.8. The van der Waals surface area contributed by atoms with E-state index in [2.05, 4.69) is 15.3 Å². The van der Waals surface area contributed by atoms with Gasteiger partial charge in [0.1, 0.15) is 22.0 Å². The Labute approximate surface area is 104 Å². The Balaban J connectivity index is 2.21. The van der Waals surface area contributed by atoms with E-state index in [9.17, 15) is 8.42 Å². The summed E-state index contributed by atoms with van der Waals surface area (Å²) in [5, 5.41) is 5.04. The molecule has 0 saturated heterocycles. The van der Waals surface area contributed by atoms with Gasteiger partial charge in [-0.15, -0.1) is 11.3 Å². The largest absolute Gasteiger partial charge is 0.365 e. The van der Waals surface area contributed by atoms with Crippen molar-refractivity contribution in [3.8, 4) is 0 Å². The van der Waals surface area contributed by atoms with E-state index >= 15 is 0 Å². The molecule has 7 heteroatoms. The Bertz CT molecular complexity index is 621. The highest BCUT2D eigenvalue weighted by atomic mass is 32.2. The van der Waals surface area contributed by atoms with Gasteiger partial charge in [0.2, 0.25) is 0 Å². The second kappa shape index (κ2) is 4.58. The molecule has 0 aliphatic rings. The van der Waals surface area contributed by atoms with E-state index < -0.39 is 9.84 Å². The van der Waals surface area contributed by atoms with Crippen molar-refractivity contribution < 1.29 is 8.42 Å². The zero-order valence-corrected chi connectivity index (χ0v) is 11.2. The van der Waals surface area contributed by atoms with Crippen LogP contribution < -0.4 is 5.32 Å². The standard InChI is InChI=1S/C10H13N3O2S2/c1-7(5-17(2,14)15)13-10-9-8(3-4-16-9)11-6-12-10/h3-4,6-7H,5H2,1-2H3,(H,11,12,13). The van der Waals surface area contributed by atoms with Crippen LogP contribution in [0.3, 0.4) is 0 Å². The highest BCUT2D eigenvalue weighted by Crippen LogP contribution is 2.25. The third-order valence-electron chi connectivity index (χ3n) is 2.18. The molecule has 0 aromatic carbocycles.